The molecule has 0 radical (unpaired) electrons. The van der Waals surface area contributed by atoms with Gasteiger partial charge in [-0.1, -0.05) is 17.7 Å². The summed E-state index contributed by atoms with van der Waals surface area (Å²) in [4.78, 5) is 1.46. The van der Waals surface area contributed by atoms with Crippen LogP contribution in [0, 0.1) is 6.92 Å². The Morgan fingerprint density at radius 3 is 2.93 bits per heavy atom. The van der Waals surface area contributed by atoms with Crippen LogP contribution in [-0.4, -0.2) is 19.3 Å². The molecule has 1 N–H and O–H groups in total. The fourth-order valence-electron chi connectivity index (χ4n) is 2.08. The maximum atomic E-state index is 3.43. The Hall–Kier alpha value is -0.470. The topological polar surface area (TPSA) is 12.0 Å². The van der Waals surface area contributed by atoms with Gasteiger partial charge in [0.1, 0.15) is 0 Å². The molecule has 0 aromatic heterocycles. The Morgan fingerprint density at radius 2 is 2.29 bits per heavy atom. The predicted molar refractivity (Wildman–Crippen MR) is 63.2 cm³/mol. The van der Waals surface area contributed by atoms with Crippen LogP contribution in [0.3, 0.4) is 0 Å². The van der Waals surface area contributed by atoms with Gasteiger partial charge in [0.05, 0.1) is 0 Å². The highest BCUT2D eigenvalue weighted by molar-refractivity contribution is 7.98. The van der Waals surface area contributed by atoms with Crippen LogP contribution in [0.2, 0.25) is 0 Å². The van der Waals surface area contributed by atoms with Gasteiger partial charge in [0.2, 0.25) is 0 Å². The van der Waals surface area contributed by atoms with E-state index in [-0.39, 0.29) is 0 Å². The van der Waals surface area contributed by atoms with Crippen molar-refractivity contribution in [3.8, 4) is 0 Å². The maximum Gasteiger partial charge on any atom is 0.0107 e. The van der Waals surface area contributed by atoms with Crippen molar-refractivity contribution in [3.05, 3.63) is 29.3 Å². The van der Waals surface area contributed by atoms with E-state index in [0.717, 1.165) is 12.5 Å². The van der Waals surface area contributed by atoms with Gasteiger partial charge in [-0.3, -0.25) is 0 Å². The van der Waals surface area contributed by atoms with Crippen LogP contribution in [0.25, 0.3) is 0 Å². The van der Waals surface area contributed by atoms with E-state index in [4.69, 9.17) is 0 Å². The average Bonchev–Trinajstić information content (AvgIpc) is 2.70. The molecular formula is C12H17NS. The summed E-state index contributed by atoms with van der Waals surface area (Å²) in [5.74, 6) is 0.734. The van der Waals surface area contributed by atoms with Crippen LogP contribution in [0.1, 0.15) is 23.5 Å². The van der Waals surface area contributed by atoms with Gasteiger partial charge in [-0.15, -0.1) is 11.8 Å². The number of aryl methyl sites for hydroxylation is 1. The van der Waals surface area contributed by atoms with Gasteiger partial charge in [0.25, 0.3) is 0 Å². The molecule has 1 fully saturated rings. The van der Waals surface area contributed by atoms with Gasteiger partial charge in [0.15, 0.2) is 0 Å². The largest absolute Gasteiger partial charge is 0.316 e. The molecule has 1 aliphatic rings. The maximum absolute atomic E-state index is 3.43. The Labute approximate surface area is 90.3 Å². The summed E-state index contributed by atoms with van der Waals surface area (Å²) in [7, 11) is 0. The van der Waals surface area contributed by atoms with Crippen LogP contribution in [0.4, 0.5) is 0 Å². The first-order valence-corrected chi connectivity index (χ1v) is 6.39. The molecule has 2 heteroatoms. The summed E-state index contributed by atoms with van der Waals surface area (Å²) in [6.07, 6.45) is 3.46. The lowest BCUT2D eigenvalue weighted by molar-refractivity contribution is 0.747. The molecule has 0 bridgehead atoms. The number of benzene rings is 1. The molecule has 1 unspecified atom stereocenters. The Balaban J connectivity index is 2.31. The fourth-order valence-corrected chi connectivity index (χ4v) is 2.85. The highest BCUT2D eigenvalue weighted by atomic mass is 32.2. The van der Waals surface area contributed by atoms with Gasteiger partial charge < -0.3 is 5.32 Å². The zero-order valence-corrected chi connectivity index (χ0v) is 9.66. The SMILES string of the molecule is CSc1cc(C)ccc1C1CCNC1. The van der Waals surface area contributed by atoms with E-state index in [9.17, 15) is 0 Å². The Kier molecular flexibility index (Phi) is 3.14. The third-order valence-electron chi connectivity index (χ3n) is 2.89. The minimum absolute atomic E-state index is 0.734. The van der Waals surface area contributed by atoms with Crippen molar-refractivity contribution in [2.45, 2.75) is 24.2 Å². The van der Waals surface area contributed by atoms with Gasteiger partial charge in [-0.25, -0.2) is 0 Å². The normalized spacial score (nSPS) is 21.4. The molecule has 1 saturated heterocycles. The second-order valence-electron chi connectivity index (χ2n) is 3.94. The molecule has 1 aromatic rings. The van der Waals surface area contributed by atoms with Crippen LogP contribution in [0.5, 0.6) is 0 Å². The van der Waals surface area contributed by atoms with E-state index >= 15 is 0 Å². The van der Waals surface area contributed by atoms with Gasteiger partial charge in [-0.2, -0.15) is 0 Å². The molecule has 0 spiro atoms. The molecule has 1 heterocycles. The standard InChI is InChI=1S/C12H17NS/c1-9-3-4-11(12(7-9)14-2)10-5-6-13-8-10/h3-4,7,10,13H,5-6,8H2,1-2H3. The van der Waals surface area contributed by atoms with Crippen molar-refractivity contribution in [2.24, 2.45) is 0 Å². The van der Waals surface area contributed by atoms with Crippen molar-refractivity contribution in [2.75, 3.05) is 19.3 Å². The number of nitrogens with one attached hydrogen (secondary N) is 1. The monoisotopic (exact) mass is 207 g/mol. The minimum Gasteiger partial charge on any atom is -0.316 e. The number of hydrogen-bond acceptors (Lipinski definition) is 2. The molecule has 1 nitrogen and oxygen atoms in total. The van der Waals surface area contributed by atoms with E-state index < -0.39 is 0 Å². The van der Waals surface area contributed by atoms with Crippen LogP contribution in [0.15, 0.2) is 23.1 Å². The lowest BCUT2D eigenvalue weighted by Crippen LogP contribution is -2.08. The minimum atomic E-state index is 0.734. The summed E-state index contributed by atoms with van der Waals surface area (Å²) in [6, 6.07) is 6.84. The fraction of sp³-hybridized carbons (Fsp3) is 0.500. The predicted octanol–water partition coefficient (Wildman–Crippen LogP) is 2.79. The summed E-state index contributed by atoms with van der Waals surface area (Å²) in [6.45, 7) is 4.49. The molecule has 1 atom stereocenters. The quantitative estimate of drug-likeness (QED) is 0.748. The molecular weight excluding hydrogens is 190 g/mol. The average molecular weight is 207 g/mol. The van der Waals surface area contributed by atoms with E-state index in [1.807, 2.05) is 11.8 Å². The smallest absolute Gasteiger partial charge is 0.0107 e. The molecule has 0 aliphatic carbocycles. The summed E-state index contributed by atoms with van der Waals surface area (Å²) in [5.41, 5.74) is 2.90. The summed E-state index contributed by atoms with van der Waals surface area (Å²) >= 11 is 1.87. The lowest BCUT2D eigenvalue weighted by Gasteiger charge is -2.13. The highest BCUT2D eigenvalue weighted by Gasteiger charge is 2.18. The van der Waals surface area contributed by atoms with Gasteiger partial charge >= 0.3 is 0 Å². The van der Waals surface area contributed by atoms with Crippen molar-refractivity contribution >= 4 is 11.8 Å². The molecule has 0 amide bonds. The molecule has 2 rings (SSSR count). The van der Waals surface area contributed by atoms with Crippen molar-refractivity contribution < 1.29 is 0 Å². The zero-order valence-electron chi connectivity index (χ0n) is 8.84. The lowest BCUT2D eigenvalue weighted by atomic mass is 9.97. The van der Waals surface area contributed by atoms with E-state index in [0.29, 0.717) is 0 Å². The van der Waals surface area contributed by atoms with E-state index in [1.54, 1.807) is 0 Å². The third kappa shape index (κ3) is 1.96. The molecule has 14 heavy (non-hydrogen) atoms. The number of hydrogen-bond donors (Lipinski definition) is 1. The second kappa shape index (κ2) is 4.37. The van der Waals surface area contributed by atoms with Crippen LogP contribution in [-0.2, 0) is 0 Å². The first kappa shape index (κ1) is 10.1. The Morgan fingerprint density at radius 1 is 1.43 bits per heavy atom. The molecule has 1 aliphatic heterocycles. The number of rotatable bonds is 2. The molecule has 0 saturated carbocycles. The van der Waals surface area contributed by atoms with E-state index in [1.165, 1.54) is 29.0 Å². The highest BCUT2D eigenvalue weighted by Crippen LogP contribution is 2.31. The van der Waals surface area contributed by atoms with Crippen LogP contribution < -0.4 is 5.32 Å². The first-order chi connectivity index (χ1) is 6.81. The first-order valence-electron chi connectivity index (χ1n) is 5.16. The second-order valence-corrected chi connectivity index (χ2v) is 4.78. The van der Waals surface area contributed by atoms with Crippen molar-refractivity contribution in [1.29, 1.82) is 0 Å². The summed E-state index contributed by atoms with van der Waals surface area (Å²) in [5, 5.41) is 3.43. The van der Waals surface area contributed by atoms with E-state index in [2.05, 4.69) is 36.7 Å². The molecule has 1 aromatic carbocycles. The number of thioether (sulfide) groups is 1. The van der Waals surface area contributed by atoms with Crippen molar-refractivity contribution in [1.82, 2.24) is 5.32 Å². The van der Waals surface area contributed by atoms with Crippen LogP contribution >= 0.6 is 11.8 Å². The van der Waals surface area contributed by atoms with Gasteiger partial charge in [-0.05, 0) is 43.7 Å². The van der Waals surface area contributed by atoms with Gasteiger partial charge in [0, 0.05) is 11.4 Å². The molecule has 76 valence electrons. The van der Waals surface area contributed by atoms with Crippen molar-refractivity contribution in [3.63, 3.8) is 0 Å². The zero-order chi connectivity index (χ0) is 9.97. The summed E-state index contributed by atoms with van der Waals surface area (Å²) < 4.78 is 0. The Bertz CT molecular complexity index is 316. The third-order valence-corrected chi connectivity index (χ3v) is 3.68.